The van der Waals surface area contributed by atoms with E-state index in [4.69, 9.17) is 4.98 Å². The maximum atomic E-state index is 15.1. The van der Waals surface area contributed by atoms with Crippen LogP contribution in [0.5, 0.6) is 0 Å². The lowest BCUT2D eigenvalue weighted by atomic mass is 9.72. The summed E-state index contributed by atoms with van der Waals surface area (Å²) >= 11 is 0. The first-order chi connectivity index (χ1) is 20.9. The van der Waals surface area contributed by atoms with Crippen molar-refractivity contribution in [2.24, 2.45) is 11.3 Å². The number of carbonyl (C=O) groups excluding carboxylic acids is 1. The van der Waals surface area contributed by atoms with Gasteiger partial charge in [0.1, 0.15) is 17.3 Å². The molecule has 2 heterocycles. The fourth-order valence-corrected chi connectivity index (χ4v) is 5.31. The molecule has 44 heavy (non-hydrogen) atoms. The number of allylic oxidation sites excluding steroid dienone is 2. The van der Waals surface area contributed by atoms with Crippen LogP contribution in [0.15, 0.2) is 58.9 Å². The van der Waals surface area contributed by atoms with E-state index in [-0.39, 0.29) is 29.5 Å². The quantitative estimate of drug-likeness (QED) is 0.247. The van der Waals surface area contributed by atoms with Gasteiger partial charge in [-0.3, -0.25) is 14.2 Å². The topological polar surface area (TPSA) is 92.2 Å². The van der Waals surface area contributed by atoms with Crippen LogP contribution in [0.25, 0.3) is 16.7 Å². The lowest BCUT2D eigenvalue weighted by Gasteiger charge is -2.33. The van der Waals surface area contributed by atoms with Crippen molar-refractivity contribution in [2.75, 3.05) is 31.5 Å². The maximum Gasteiger partial charge on any atom is 0.256 e. The Bertz CT molecular complexity index is 1600. The van der Waals surface area contributed by atoms with Crippen molar-refractivity contribution in [1.29, 1.82) is 0 Å². The number of aromatic nitrogens is 3. The van der Waals surface area contributed by atoms with Crippen LogP contribution in [0.2, 0.25) is 0 Å². The second-order valence-electron chi connectivity index (χ2n) is 12.3. The molecule has 8 nitrogen and oxygen atoms in total. The number of benzene rings is 1. The highest BCUT2D eigenvalue weighted by Crippen LogP contribution is 2.43. The molecule has 3 aromatic rings. The Morgan fingerprint density at radius 3 is 2.39 bits per heavy atom. The van der Waals surface area contributed by atoms with Crippen molar-refractivity contribution in [3.8, 4) is 5.69 Å². The normalized spacial score (nSPS) is 16.8. The number of pyridine rings is 1. The Morgan fingerprint density at radius 1 is 1.07 bits per heavy atom. The highest BCUT2D eigenvalue weighted by atomic mass is 19.1. The molecule has 0 bridgehead atoms. The summed E-state index contributed by atoms with van der Waals surface area (Å²) in [7, 11) is 0. The number of amides is 1. The Morgan fingerprint density at radius 2 is 1.75 bits per heavy atom. The Labute approximate surface area is 258 Å². The van der Waals surface area contributed by atoms with Crippen LogP contribution in [-0.2, 0) is 4.79 Å². The Hall–Kier alpha value is -3.92. The number of nitrogens with zero attached hydrogens (tertiary/aromatic N) is 4. The molecule has 0 radical (unpaired) electrons. The standard InChI is InChI=1S/C34H44F2N6O2/c1-8-41(9-2)19-11-18-37-33-39-29(25-20-23(16-17-34(25,6)7)32(44)38-22(5)21(3)4)24-14-15-28(43)42(31(24)40-33)30-26(35)12-10-13-27(30)36/h10,12-17,20-22,25H,8-9,11,18-19H2,1-7H3,(H,38,44)(H,37,39,40)/t22-,25?/m1/s1. The summed E-state index contributed by atoms with van der Waals surface area (Å²) in [5.74, 6) is -1.88. The second kappa shape index (κ2) is 13.8. The number of anilines is 1. The minimum atomic E-state index is -0.882. The smallest absolute Gasteiger partial charge is 0.256 e. The number of fused-ring (bicyclic) bond motifs is 1. The van der Waals surface area contributed by atoms with Gasteiger partial charge in [0.05, 0.1) is 5.69 Å². The predicted octanol–water partition coefficient (Wildman–Crippen LogP) is 5.97. The number of rotatable bonds is 12. The van der Waals surface area contributed by atoms with Crippen molar-refractivity contribution in [1.82, 2.24) is 24.8 Å². The van der Waals surface area contributed by atoms with Gasteiger partial charge in [-0.05, 0) is 62.5 Å². The average molecular weight is 607 g/mol. The fourth-order valence-electron chi connectivity index (χ4n) is 5.31. The van der Waals surface area contributed by atoms with Crippen molar-refractivity contribution in [3.05, 3.63) is 81.8 Å². The van der Waals surface area contributed by atoms with Crippen molar-refractivity contribution in [3.63, 3.8) is 0 Å². The van der Waals surface area contributed by atoms with Crippen molar-refractivity contribution < 1.29 is 13.6 Å². The largest absolute Gasteiger partial charge is 0.354 e. The summed E-state index contributed by atoms with van der Waals surface area (Å²) in [5.41, 5.74) is -0.491. The van der Waals surface area contributed by atoms with Gasteiger partial charge in [-0.25, -0.2) is 13.8 Å². The number of hydrogen-bond acceptors (Lipinski definition) is 6. The highest BCUT2D eigenvalue weighted by Gasteiger charge is 2.34. The van der Waals surface area contributed by atoms with E-state index >= 15 is 8.78 Å². The third kappa shape index (κ3) is 7.07. The molecule has 0 aliphatic heterocycles. The van der Waals surface area contributed by atoms with E-state index in [1.54, 1.807) is 6.07 Å². The lowest BCUT2D eigenvalue weighted by Crippen LogP contribution is -2.37. The van der Waals surface area contributed by atoms with E-state index in [2.05, 4.69) is 34.4 Å². The van der Waals surface area contributed by atoms with Gasteiger partial charge < -0.3 is 15.5 Å². The summed E-state index contributed by atoms with van der Waals surface area (Å²) < 4.78 is 31.1. The zero-order valence-corrected chi connectivity index (χ0v) is 26.7. The van der Waals surface area contributed by atoms with E-state index in [1.165, 1.54) is 12.1 Å². The third-order valence-electron chi connectivity index (χ3n) is 8.53. The summed E-state index contributed by atoms with van der Waals surface area (Å²) in [6.45, 7) is 17.7. The SMILES string of the molecule is CCN(CC)CCCNc1nc(C2C=C(C(=O)N[C@H](C)C(C)C)C=CC2(C)C)c2ccc(=O)n(-c3c(F)cccc3F)c2n1. The fraction of sp³-hybridized carbons (Fsp3) is 0.471. The molecular formula is C34H44F2N6O2. The third-order valence-corrected chi connectivity index (χ3v) is 8.53. The molecule has 0 fully saturated rings. The summed E-state index contributed by atoms with van der Waals surface area (Å²) in [5, 5.41) is 6.80. The van der Waals surface area contributed by atoms with Gasteiger partial charge in [0, 0.05) is 35.5 Å². The monoisotopic (exact) mass is 606 g/mol. The van der Waals surface area contributed by atoms with E-state index in [0.29, 0.717) is 23.2 Å². The van der Waals surface area contributed by atoms with Crippen LogP contribution >= 0.6 is 0 Å². The van der Waals surface area contributed by atoms with E-state index in [0.717, 1.165) is 42.8 Å². The van der Waals surface area contributed by atoms with Gasteiger partial charge in [-0.1, -0.05) is 65.8 Å². The molecule has 1 aromatic carbocycles. The number of para-hydroxylation sites is 1. The first kappa shape index (κ1) is 33.0. The lowest BCUT2D eigenvalue weighted by molar-refractivity contribution is -0.118. The van der Waals surface area contributed by atoms with Crippen molar-refractivity contribution in [2.45, 2.75) is 66.8 Å². The molecule has 236 valence electrons. The molecule has 0 spiro atoms. The maximum absolute atomic E-state index is 15.1. The molecule has 2 atom stereocenters. The van der Waals surface area contributed by atoms with Crippen LogP contribution in [0, 0.1) is 23.0 Å². The second-order valence-corrected chi connectivity index (χ2v) is 12.3. The van der Waals surface area contributed by atoms with Crippen LogP contribution in [0.4, 0.5) is 14.7 Å². The molecule has 0 saturated carbocycles. The molecule has 2 aromatic heterocycles. The van der Waals surface area contributed by atoms with E-state index < -0.39 is 34.2 Å². The minimum absolute atomic E-state index is 0.0256. The predicted molar refractivity (Wildman–Crippen MR) is 172 cm³/mol. The Kier molecular flexibility index (Phi) is 10.3. The highest BCUT2D eigenvalue weighted by molar-refractivity contribution is 5.97. The molecule has 1 aliphatic carbocycles. The molecule has 0 saturated heterocycles. The van der Waals surface area contributed by atoms with Crippen LogP contribution in [-0.4, -0.2) is 57.6 Å². The molecule has 10 heteroatoms. The van der Waals surface area contributed by atoms with E-state index in [9.17, 15) is 9.59 Å². The van der Waals surface area contributed by atoms with Gasteiger partial charge in [0.2, 0.25) is 5.95 Å². The number of hydrogen-bond donors (Lipinski definition) is 2. The first-order valence-corrected chi connectivity index (χ1v) is 15.4. The number of halogens is 2. The van der Waals surface area contributed by atoms with Crippen LogP contribution in [0.3, 0.4) is 0 Å². The van der Waals surface area contributed by atoms with Crippen LogP contribution in [0.1, 0.15) is 66.5 Å². The summed E-state index contributed by atoms with van der Waals surface area (Å²) in [6, 6.07) is 6.31. The van der Waals surface area contributed by atoms with Gasteiger partial charge in [0.25, 0.3) is 11.5 Å². The molecule has 1 aliphatic rings. The molecular weight excluding hydrogens is 562 g/mol. The van der Waals surface area contributed by atoms with Crippen LogP contribution < -0.4 is 16.2 Å². The molecule has 2 N–H and O–H groups in total. The first-order valence-electron chi connectivity index (χ1n) is 15.4. The van der Waals surface area contributed by atoms with E-state index in [1.807, 2.05) is 52.8 Å². The summed E-state index contributed by atoms with van der Waals surface area (Å²) in [4.78, 5) is 38.4. The zero-order chi connectivity index (χ0) is 32.2. The van der Waals surface area contributed by atoms with Gasteiger partial charge in [-0.2, -0.15) is 4.98 Å². The molecule has 4 rings (SSSR count). The summed E-state index contributed by atoms with van der Waals surface area (Å²) in [6.07, 6.45) is 6.49. The molecule has 1 amide bonds. The number of carbonyl (C=O) groups is 1. The minimum Gasteiger partial charge on any atom is -0.354 e. The Balaban J connectivity index is 1.89. The van der Waals surface area contributed by atoms with Gasteiger partial charge in [-0.15, -0.1) is 0 Å². The van der Waals surface area contributed by atoms with Gasteiger partial charge >= 0.3 is 0 Å². The number of nitrogens with one attached hydrogen (secondary N) is 2. The average Bonchev–Trinajstić information content (AvgIpc) is 2.97. The molecule has 1 unspecified atom stereocenters. The zero-order valence-electron chi connectivity index (χ0n) is 26.7. The van der Waals surface area contributed by atoms with Gasteiger partial charge in [0.15, 0.2) is 5.65 Å². The van der Waals surface area contributed by atoms with Crippen molar-refractivity contribution >= 4 is 22.9 Å².